The Morgan fingerprint density at radius 2 is 1.81 bits per heavy atom. The van der Waals surface area contributed by atoms with Gasteiger partial charge in [-0.15, -0.1) is 35.1 Å². The zero-order valence-electron chi connectivity index (χ0n) is 23.3. The Hall–Kier alpha value is -1.14. The first-order valence-electron chi connectivity index (χ1n) is 12.3. The Balaban J connectivity index is 0.00000432. The van der Waals surface area contributed by atoms with Gasteiger partial charge in [-0.25, -0.2) is 0 Å². The van der Waals surface area contributed by atoms with Gasteiger partial charge in [-0.1, -0.05) is 6.08 Å². The summed E-state index contributed by atoms with van der Waals surface area (Å²) >= 11 is 3.04. The zero-order chi connectivity index (χ0) is 25.9. The molecule has 6 heteroatoms. The van der Waals surface area contributed by atoms with Crippen LogP contribution in [0.15, 0.2) is 29.0 Å². The number of aliphatic carboxylic acids is 1. The number of halogens is 1. The average molecular weight is 421 g/mol. The molecule has 3 heterocycles. The molecule has 0 aliphatic carbocycles. The van der Waals surface area contributed by atoms with Crippen molar-refractivity contribution >= 4 is 46.6 Å². The number of carbonyl (C=O) groups is 1. The summed E-state index contributed by atoms with van der Waals surface area (Å²) in [6.07, 6.45) is -5.31. The van der Waals surface area contributed by atoms with E-state index in [4.69, 9.17) is 12.3 Å². The van der Waals surface area contributed by atoms with Gasteiger partial charge in [0.1, 0.15) is 0 Å². The number of aryl methyl sites for hydroxylation is 2. The number of hydrogen-bond donors (Lipinski definition) is 1. The number of carboxylic acids is 1. The summed E-state index contributed by atoms with van der Waals surface area (Å²) in [5.74, 6) is -5.98. The third kappa shape index (κ3) is 4.97. The molecule has 1 fully saturated rings. The first kappa shape index (κ1) is 11.6. The van der Waals surface area contributed by atoms with E-state index >= 15 is 0 Å². The van der Waals surface area contributed by atoms with Gasteiger partial charge in [0.15, 0.2) is 0 Å². The van der Waals surface area contributed by atoms with Crippen LogP contribution in [0.25, 0.3) is 5.57 Å². The van der Waals surface area contributed by atoms with Gasteiger partial charge in [0.2, 0.25) is 0 Å². The van der Waals surface area contributed by atoms with Gasteiger partial charge in [-0.2, -0.15) is 0 Å². The minimum absolute atomic E-state index is 0. The van der Waals surface area contributed by atoms with Crippen LogP contribution in [-0.2, 0) is 4.79 Å². The van der Waals surface area contributed by atoms with E-state index in [1.807, 2.05) is 36.7 Å². The van der Waals surface area contributed by atoms with E-state index in [2.05, 4.69) is 0 Å². The number of piperidine rings is 1. The van der Waals surface area contributed by atoms with Gasteiger partial charge >= 0.3 is 5.97 Å². The molecule has 0 amide bonds. The summed E-state index contributed by atoms with van der Waals surface area (Å²) in [6, 6.07) is 3.92. The highest BCUT2D eigenvalue weighted by atomic mass is 35.5. The van der Waals surface area contributed by atoms with E-state index in [1.165, 1.54) is 22.7 Å². The van der Waals surface area contributed by atoms with E-state index in [0.29, 0.717) is 4.90 Å². The minimum atomic E-state index is -3.72. The molecular weight excluding hydrogens is 386 g/mol. The molecule has 1 aliphatic heterocycles. The van der Waals surface area contributed by atoms with E-state index in [0.717, 1.165) is 26.5 Å². The van der Waals surface area contributed by atoms with E-state index in [-0.39, 0.29) is 18.8 Å². The minimum Gasteiger partial charge on any atom is -0.481 e. The van der Waals surface area contributed by atoms with Crippen molar-refractivity contribution in [3.8, 4) is 0 Å². The van der Waals surface area contributed by atoms with Crippen molar-refractivity contribution in [2.24, 2.45) is 5.89 Å². The van der Waals surface area contributed by atoms with Crippen LogP contribution in [0.4, 0.5) is 0 Å². The molecule has 3 nitrogen and oxygen atoms in total. The lowest BCUT2D eigenvalue weighted by Gasteiger charge is -2.29. The monoisotopic (exact) mass is 420 g/mol. The highest BCUT2D eigenvalue weighted by Gasteiger charge is 2.24. The second kappa shape index (κ2) is 9.70. The van der Waals surface area contributed by atoms with Crippen molar-refractivity contribution in [1.29, 1.82) is 0 Å². The summed E-state index contributed by atoms with van der Waals surface area (Å²) < 4.78 is 73.9. The number of thiophene rings is 2. The molecule has 0 bridgehead atoms. The van der Waals surface area contributed by atoms with Crippen molar-refractivity contribution in [3.05, 3.63) is 49.9 Å². The quantitative estimate of drug-likeness (QED) is 0.673. The van der Waals surface area contributed by atoms with Crippen LogP contribution < -0.4 is 0 Å². The van der Waals surface area contributed by atoms with Crippen LogP contribution in [-0.4, -0.2) is 35.5 Å². The zero-order valence-corrected chi connectivity index (χ0v) is 16.8. The molecule has 0 atom stereocenters. The molecule has 1 N–H and O–H groups in total. The normalized spacial score (nSPS) is 29.5. The topological polar surface area (TPSA) is 40.5 Å². The van der Waals surface area contributed by atoms with Crippen molar-refractivity contribution in [2.75, 3.05) is 19.5 Å². The Morgan fingerprint density at radius 3 is 2.23 bits per heavy atom. The second-order valence-corrected chi connectivity index (χ2v) is 7.41. The predicted molar refractivity (Wildman–Crippen MR) is 114 cm³/mol. The molecule has 0 aromatic carbocycles. The molecule has 0 unspecified atom stereocenters. The fraction of sp³-hybridized carbons (Fsp3) is 0.450. The van der Waals surface area contributed by atoms with E-state index in [1.54, 1.807) is 6.08 Å². The molecule has 0 saturated carbocycles. The van der Waals surface area contributed by atoms with Gasteiger partial charge in [0.05, 0.1) is 5.89 Å². The third-order valence-electron chi connectivity index (χ3n) is 3.76. The summed E-state index contributed by atoms with van der Waals surface area (Å²) in [4.78, 5) is 14.1. The van der Waals surface area contributed by atoms with Crippen LogP contribution >= 0.6 is 35.1 Å². The maximum Gasteiger partial charge on any atom is 0.306 e. The first-order chi connectivity index (χ1) is 15.5. The largest absolute Gasteiger partial charge is 0.481 e. The van der Waals surface area contributed by atoms with Gasteiger partial charge in [0.25, 0.3) is 0 Å². The number of hydrogen-bond acceptors (Lipinski definition) is 4. The molecule has 1 aliphatic rings. The molecule has 142 valence electrons. The summed E-state index contributed by atoms with van der Waals surface area (Å²) in [5, 5.41) is 13.4. The van der Waals surface area contributed by atoms with Gasteiger partial charge in [-0.3, -0.25) is 4.79 Å². The van der Waals surface area contributed by atoms with Crippen molar-refractivity contribution in [1.82, 2.24) is 4.90 Å². The Bertz CT molecular complexity index is 1060. The fourth-order valence-corrected chi connectivity index (χ4v) is 4.46. The number of likely N-dealkylation sites (tertiary alicyclic amines) is 1. The van der Waals surface area contributed by atoms with Crippen molar-refractivity contribution in [3.63, 3.8) is 0 Å². The average Bonchev–Trinajstić information content (AvgIpc) is 3.33. The standard InChI is InChI=1S/C20H25NO2S2.ClH/c1-14-7-12-24-18(14)17(19-15(2)8-13-25-19)4-3-9-21-10-5-16(6-11-21)20(22)23;/h4,7-8,12-13,16H,3,5-6,9-11H2,1-2H3,(H,22,23);1H/i5D2,6D2,10D2,11D2,16D;. The predicted octanol–water partition coefficient (Wildman–Crippen LogP) is 5.47. The Kier molecular flexibility index (Phi) is 4.34. The molecule has 1 saturated heterocycles. The van der Waals surface area contributed by atoms with Crippen molar-refractivity contribution in [2.45, 2.75) is 33.0 Å². The second-order valence-electron chi connectivity index (χ2n) is 5.58. The van der Waals surface area contributed by atoms with Crippen LogP contribution in [0.1, 0.15) is 52.4 Å². The molecule has 0 radical (unpaired) electrons. The van der Waals surface area contributed by atoms with E-state index < -0.39 is 44.1 Å². The Labute approximate surface area is 182 Å². The highest BCUT2D eigenvalue weighted by Crippen LogP contribution is 2.35. The lowest BCUT2D eigenvalue weighted by Crippen LogP contribution is -2.36. The van der Waals surface area contributed by atoms with Gasteiger partial charge in [-0.05, 0) is 80.0 Å². The number of nitrogens with zero attached hydrogens (tertiary/aromatic N) is 1. The Morgan fingerprint density at radius 1 is 1.27 bits per heavy atom. The maximum absolute atomic E-state index is 11.8. The van der Waals surface area contributed by atoms with Gasteiger partial charge in [0, 0.05) is 34.2 Å². The van der Waals surface area contributed by atoms with E-state index in [9.17, 15) is 9.90 Å². The summed E-state index contributed by atoms with van der Waals surface area (Å²) in [5.41, 5.74) is 2.92. The molecule has 2 aromatic rings. The van der Waals surface area contributed by atoms with Crippen LogP contribution in [0.3, 0.4) is 0 Å². The molecule has 2 aromatic heterocycles. The fourth-order valence-electron chi connectivity index (χ4n) is 2.45. The summed E-state index contributed by atoms with van der Waals surface area (Å²) in [6.45, 7) is -3.10. The lowest BCUT2D eigenvalue weighted by molar-refractivity contribution is -0.143. The van der Waals surface area contributed by atoms with Crippen LogP contribution in [0.2, 0.25) is 0 Å². The maximum atomic E-state index is 11.8. The number of rotatable bonds is 6. The number of carboxylic acid groups (broad SMARTS) is 1. The molecular formula is C20H26ClNO2S2. The van der Waals surface area contributed by atoms with Crippen LogP contribution in [0.5, 0.6) is 0 Å². The SMILES string of the molecule is Cl.[2H]C1([2H])N(CCC=C(c2sccc2C)c2sccc2C)C([2H])([2H])C([2H])([2H])C([2H])(C(=O)O)C1([2H])[2H]. The highest BCUT2D eigenvalue weighted by molar-refractivity contribution is 7.14. The first-order valence-corrected chi connectivity index (χ1v) is 9.52. The molecule has 0 spiro atoms. The lowest BCUT2D eigenvalue weighted by atomic mass is 9.97. The molecule has 26 heavy (non-hydrogen) atoms. The smallest absolute Gasteiger partial charge is 0.306 e. The summed E-state index contributed by atoms with van der Waals surface area (Å²) in [7, 11) is 0. The molecule has 3 rings (SSSR count). The van der Waals surface area contributed by atoms with Crippen molar-refractivity contribution < 1.29 is 22.2 Å². The van der Waals surface area contributed by atoms with Crippen LogP contribution in [0, 0.1) is 19.7 Å². The third-order valence-corrected chi connectivity index (χ3v) is 5.86. The van der Waals surface area contributed by atoms with Gasteiger partial charge < -0.3 is 10.0 Å².